The van der Waals surface area contributed by atoms with Gasteiger partial charge < -0.3 is 19.9 Å². The Bertz CT molecular complexity index is 1490. The first kappa shape index (κ1) is 39.0. The molecule has 0 spiro atoms. The molecule has 1 aliphatic heterocycles. The van der Waals surface area contributed by atoms with Crippen LogP contribution in [0, 0.1) is 17.6 Å². The Morgan fingerprint density at radius 1 is 0.880 bits per heavy atom. The van der Waals surface area contributed by atoms with Gasteiger partial charge in [0, 0.05) is 55.2 Å². The van der Waals surface area contributed by atoms with Crippen molar-refractivity contribution in [3.63, 3.8) is 0 Å². The van der Waals surface area contributed by atoms with Crippen molar-refractivity contribution in [1.29, 1.82) is 0 Å². The average Bonchev–Trinajstić information content (AvgIpc) is 3.52. The predicted molar refractivity (Wildman–Crippen MR) is 198 cm³/mol. The number of likely N-dealkylation sites (N-methyl/N-ethyl adjacent to an activating group) is 1. The minimum Gasteiger partial charge on any atom is -0.492 e. The second-order valence-corrected chi connectivity index (χ2v) is 16.2. The molecule has 1 aliphatic rings. The van der Waals surface area contributed by atoms with Crippen LogP contribution in [0.15, 0.2) is 60.7 Å². The third kappa shape index (κ3) is 10.9. The number of hydrogen-bond donors (Lipinski definition) is 1. The van der Waals surface area contributed by atoms with Crippen molar-refractivity contribution in [2.24, 2.45) is 5.92 Å². The minimum atomic E-state index is -0.294. The molecule has 1 unspecified atom stereocenters. The highest BCUT2D eigenvalue weighted by Crippen LogP contribution is 2.41. The van der Waals surface area contributed by atoms with Crippen LogP contribution in [0.3, 0.4) is 0 Å². The summed E-state index contributed by atoms with van der Waals surface area (Å²) in [5.41, 5.74) is 4.26. The lowest BCUT2D eigenvalue weighted by Crippen LogP contribution is -2.33. The second kappa shape index (κ2) is 17.0. The number of nitrogens with one attached hydrogen (secondary N) is 1. The second-order valence-electron chi connectivity index (χ2n) is 16.2. The third-order valence-electron chi connectivity index (χ3n) is 9.59. The normalized spacial score (nSPS) is 15.2. The highest BCUT2D eigenvalue weighted by Gasteiger charge is 2.32. The lowest BCUT2D eigenvalue weighted by molar-refractivity contribution is -0.121. The molecule has 0 saturated carbocycles. The zero-order valence-electron chi connectivity index (χ0n) is 31.4. The number of ether oxygens (including phenoxy) is 1. The highest BCUT2D eigenvalue weighted by molar-refractivity contribution is 5.95. The van der Waals surface area contributed by atoms with E-state index in [9.17, 15) is 18.4 Å². The number of nitrogens with zero attached hydrogens (tertiary/aromatic N) is 2. The SMILES string of the molecule is CN(C)CCOc1c(C(C)(C)C)cc(C(=O)N2CCC(CNC(=O)CCCCC(c3ccc(F)cc3)c3ccc(F)cc3)C2)cc1C(C)(C)C. The van der Waals surface area contributed by atoms with E-state index in [0.717, 1.165) is 53.8 Å². The average molecular weight is 690 g/mol. The minimum absolute atomic E-state index is 0.00406. The molecule has 0 aliphatic carbocycles. The fraction of sp³-hybridized carbons (Fsp3) is 0.524. The number of halogens is 2. The molecule has 50 heavy (non-hydrogen) atoms. The summed E-state index contributed by atoms with van der Waals surface area (Å²) in [6.45, 7) is 16.1. The van der Waals surface area contributed by atoms with Gasteiger partial charge in [-0.25, -0.2) is 8.78 Å². The summed E-state index contributed by atoms with van der Waals surface area (Å²) in [6, 6.07) is 16.9. The lowest BCUT2D eigenvalue weighted by Gasteiger charge is -2.31. The molecule has 2 amide bonds. The zero-order chi connectivity index (χ0) is 36.6. The number of likely N-dealkylation sites (tertiary alicyclic amines) is 1. The Hall–Kier alpha value is -3.78. The zero-order valence-corrected chi connectivity index (χ0v) is 31.4. The number of amides is 2. The van der Waals surface area contributed by atoms with Crippen LogP contribution in [-0.2, 0) is 15.6 Å². The molecule has 0 bridgehead atoms. The fourth-order valence-electron chi connectivity index (χ4n) is 6.62. The number of rotatable bonds is 14. The van der Waals surface area contributed by atoms with E-state index in [1.54, 1.807) is 24.3 Å². The molecule has 1 saturated heterocycles. The van der Waals surface area contributed by atoms with Crippen molar-refractivity contribution < 1.29 is 23.1 Å². The van der Waals surface area contributed by atoms with Crippen molar-refractivity contribution in [1.82, 2.24) is 15.1 Å². The van der Waals surface area contributed by atoms with E-state index in [-0.39, 0.29) is 46.1 Å². The molecule has 8 heteroatoms. The van der Waals surface area contributed by atoms with Crippen molar-refractivity contribution in [3.05, 3.63) is 100 Å². The maximum atomic E-state index is 13.9. The summed E-state index contributed by atoms with van der Waals surface area (Å²) in [5.74, 6) is 0.507. The van der Waals surface area contributed by atoms with E-state index in [1.165, 1.54) is 24.3 Å². The highest BCUT2D eigenvalue weighted by atomic mass is 19.1. The van der Waals surface area contributed by atoms with Gasteiger partial charge in [0.15, 0.2) is 0 Å². The molecular weight excluding hydrogens is 632 g/mol. The van der Waals surface area contributed by atoms with Gasteiger partial charge in [-0.1, -0.05) is 72.2 Å². The summed E-state index contributed by atoms with van der Waals surface area (Å²) in [5, 5.41) is 3.10. The van der Waals surface area contributed by atoms with Crippen molar-refractivity contribution in [3.8, 4) is 5.75 Å². The Kier molecular flexibility index (Phi) is 13.2. The van der Waals surface area contributed by atoms with Crippen LogP contribution in [-0.4, -0.2) is 68.5 Å². The smallest absolute Gasteiger partial charge is 0.253 e. The van der Waals surface area contributed by atoms with Crippen LogP contribution in [0.25, 0.3) is 0 Å². The topological polar surface area (TPSA) is 61.9 Å². The summed E-state index contributed by atoms with van der Waals surface area (Å²) in [7, 11) is 4.06. The van der Waals surface area contributed by atoms with Crippen LogP contribution >= 0.6 is 0 Å². The van der Waals surface area contributed by atoms with E-state index >= 15 is 0 Å². The number of carbonyl (C=O) groups excluding carboxylic acids is 2. The molecule has 0 radical (unpaired) electrons. The molecule has 0 aromatic heterocycles. The quantitative estimate of drug-likeness (QED) is 0.173. The van der Waals surface area contributed by atoms with Crippen LogP contribution in [0.5, 0.6) is 5.75 Å². The largest absolute Gasteiger partial charge is 0.492 e. The van der Waals surface area contributed by atoms with Gasteiger partial charge in [0.25, 0.3) is 5.91 Å². The van der Waals surface area contributed by atoms with E-state index in [2.05, 4.69) is 51.8 Å². The molecule has 1 fully saturated rings. The summed E-state index contributed by atoms with van der Waals surface area (Å²) in [6.07, 6.45) is 3.52. The van der Waals surface area contributed by atoms with Crippen molar-refractivity contribution in [2.75, 3.05) is 46.9 Å². The molecule has 1 heterocycles. The first-order valence-corrected chi connectivity index (χ1v) is 18.1. The number of benzene rings is 3. The number of hydrogen-bond acceptors (Lipinski definition) is 4. The van der Waals surface area contributed by atoms with E-state index in [1.807, 2.05) is 31.1 Å². The van der Waals surface area contributed by atoms with Gasteiger partial charge in [0.05, 0.1) is 0 Å². The molecule has 4 rings (SSSR count). The van der Waals surface area contributed by atoms with Gasteiger partial charge in [-0.15, -0.1) is 0 Å². The molecule has 272 valence electrons. The summed E-state index contributed by atoms with van der Waals surface area (Å²) in [4.78, 5) is 30.8. The van der Waals surface area contributed by atoms with Crippen molar-refractivity contribution >= 4 is 11.8 Å². The third-order valence-corrected chi connectivity index (χ3v) is 9.59. The lowest BCUT2D eigenvalue weighted by atomic mass is 9.78. The summed E-state index contributed by atoms with van der Waals surface area (Å²) < 4.78 is 33.6. The number of carbonyl (C=O) groups is 2. The van der Waals surface area contributed by atoms with Crippen LogP contribution in [0.1, 0.15) is 112 Å². The van der Waals surface area contributed by atoms with Crippen LogP contribution in [0.4, 0.5) is 8.78 Å². The van der Waals surface area contributed by atoms with E-state index < -0.39 is 0 Å². The first-order valence-electron chi connectivity index (χ1n) is 18.1. The van der Waals surface area contributed by atoms with E-state index in [0.29, 0.717) is 44.6 Å². The standard InChI is InChI=1S/C42H57F2N3O3/c1-41(2,3)36-25-32(26-37(42(4,5)6)39(36)50-24-23-46(7)8)40(49)47-22-21-29(28-47)27-45-38(48)12-10-9-11-35(30-13-17-33(43)18-14-30)31-15-19-34(44)20-16-31/h13-20,25-26,29,35H,9-12,21-24,27-28H2,1-8H3,(H,45,48). The van der Waals surface area contributed by atoms with Gasteiger partial charge in [-0.2, -0.15) is 0 Å². The van der Waals surface area contributed by atoms with E-state index in [4.69, 9.17) is 4.74 Å². The first-order chi connectivity index (χ1) is 23.5. The number of unbranched alkanes of at least 4 members (excludes halogenated alkanes) is 1. The van der Waals surface area contributed by atoms with Crippen molar-refractivity contribution in [2.45, 2.75) is 90.4 Å². The molecular formula is C42H57F2N3O3. The summed E-state index contributed by atoms with van der Waals surface area (Å²) >= 11 is 0. The fourth-order valence-corrected chi connectivity index (χ4v) is 6.62. The van der Waals surface area contributed by atoms with Crippen LogP contribution < -0.4 is 10.1 Å². The van der Waals surface area contributed by atoms with Gasteiger partial charge in [-0.05, 0) is 97.6 Å². The Morgan fingerprint density at radius 2 is 1.42 bits per heavy atom. The maximum Gasteiger partial charge on any atom is 0.253 e. The predicted octanol–water partition coefficient (Wildman–Crippen LogP) is 8.47. The van der Waals surface area contributed by atoms with Gasteiger partial charge >= 0.3 is 0 Å². The Balaban J connectivity index is 1.32. The maximum absolute atomic E-state index is 13.9. The molecule has 1 N–H and O–H groups in total. The molecule has 3 aromatic rings. The Labute approximate surface area is 298 Å². The van der Waals surface area contributed by atoms with Gasteiger partial charge in [0.1, 0.15) is 24.0 Å². The molecule has 6 nitrogen and oxygen atoms in total. The Morgan fingerprint density at radius 3 is 1.92 bits per heavy atom. The molecule has 1 atom stereocenters. The van der Waals surface area contributed by atoms with Gasteiger partial charge in [-0.3, -0.25) is 9.59 Å². The van der Waals surface area contributed by atoms with Gasteiger partial charge in [0.2, 0.25) is 5.91 Å². The molecule has 3 aromatic carbocycles. The van der Waals surface area contributed by atoms with Crippen LogP contribution in [0.2, 0.25) is 0 Å². The monoisotopic (exact) mass is 689 g/mol.